The number of aryl methyl sites for hydroxylation is 1. The lowest BCUT2D eigenvalue weighted by Gasteiger charge is -2.26. The molecule has 0 unspecified atom stereocenters. The van der Waals surface area contributed by atoms with Crippen LogP contribution in [-0.4, -0.2) is 11.8 Å². The smallest absolute Gasteiger partial charge is 0.314 e. The number of ketones is 1. The van der Waals surface area contributed by atoms with E-state index in [-0.39, 0.29) is 17.8 Å². The summed E-state index contributed by atoms with van der Waals surface area (Å²) >= 11 is 0. The lowest BCUT2D eigenvalue weighted by molar-refractivity contribution is -0.141. The van der Waals surface area contributed by atoms with E-state index in [1.54, 1.807) is 0 Å². The van der Waals surface area contributed by atoms with Crippen LogP contribution in [0, 0.1) is 11.8 Å². The van der Waals surface area contributed by atoms with Gasteiger partial charge in [0.15, 0.2) is 0 Å². The lowest BCUT2D eigenvalue weighted by Crippen LogP contribution is -2.28. The van der Waals surface area contributed by atoms with Crippen molar-refractivity contribution in [3.63, 3.8) is 0 Å². The number of carbonyl (C=O) groups excluding carboxylic acids is 2. The fourth-order valence-electron chi connectivity index (χ4n) is 3.42. The van der Waals surface area contributed by atoms with Crippen molar-refractivity contribution in [2.45, 2.75) is 71.6 Å². The van der Waals surface area contributed by atoms with E-state index in [9.17, 15) is 9.59 Å². The zero-order valence-corrected chi connectivity index (χ0v) is 15.1. The van der Waals surface area contributed by atoms with Crippen molar-refractivity contribution in [1.82, 2.24) is 0 Å². The van der Waals surface area contributed by atoms with E-state index in [2.05, 4.69) is 13.8 Å². The topological polar surface area (TPSA) is 43.4 Å². The Kier molecular flexibility index (Phi) is 7.48. The van der Waals surface area contributed by atoms with Crippen LogP contribution in [-0.2, 0) is 16.0 Å². The van der Waals surface area contributed by atoms with Crippen molar-refractivity contribution >= 4 is 11.8 Å². The molecule has 0 aromatic heterocycles. The molecule has 0 heterocycles. The standard InChI is InChI=1S/C21H30O3/c1-3-5-7-20(22)17-10-12-18(13-11-17)21(23)24-19-14-8-16(6-4-2)9-15-19/h8-9,14-15,17-18H,3-7,10-13H2,1-2H3/t17-,18-. The second-order valence-corrected chi connectivity index (χ2v) is 6.93. The molecule has 2 rings (SSSR count). The average Bonchev–Trinajstić information content (AvgIpc) is 2.61. The molecule has 1 saturated carbocycles. The van der Waals surface area contributed by atoms with E-state index < -0.39 is 0 Å². The van der Waals surface area contributed by atoms with Crippen LogP contribution in [0.4, 0.5) is 0 Å². The van der Waals surface area contributed by atoms with Crippen molar-refractivity contribution < 1.29 is 14.3 Å². The highest BCUT2D eigenvalue weighted by molar-refractivity contribution is 5.81. The Balaban J connectivity index is 1.79. The van der Waals surface area contributed by atoms with Gasteiger partial charge in [-0.25, -0.2) is 0 Å². The van der Waals surface area contributed by atoms with E-state index in [0.29, 0.717) is 18.0 Å². The summed E-state index contributed by atoms with van der Waals surface area (Å²) in [6.45, 7) is 4.26. The molecular formula is C21H30O3. The zero-order valence-electron chi connectivity index (χ0n) is 15.1. The van der Waals surface area contributed by atoms with Gasteiger partial charge in [0.2, 0.25) is 0 Å². The quantitative estimate of drug-likeness (QED) is 0.491. The van der Waals surface area contributed by atoms with E-state index in [0.717, 1.165) is 51.4 Å². The maximum Gasteiger partial charge on any atom is 0.314 e. The molecule has 1 aliphatic rings. The zero-order chi connectivity index (χ0) is 17.4. The number of ether oxygens (including phenoxy) is 1. The van der Waals surface area contributed by atoms with Crippen LogP contribution in [0.15, 0.2) is 24.3 Å². The van der Waals surface area contributed by atoms with Gasteiger partial charge in [0.05, 0.1) is 5.92 Å². The summed E-state index contributed by atoms with van der Waals surface area (Å²) in [6, 6.07) is 7.80. The first-order valence-corrected chi connectivity index (χ1v) is 9.47. The Morgan fingerprint density at radius 2 is 1.58 bits per heavy atom. The molecule has 0 radical (unpaired) electrons. The second-order valence-electron chi connectivity index (χ2n) is 6.93. The number of Topliss-reactive ketones (excluding diaryl/α,β-unsaturated/α-hetero) is 1. The average molecular weight is 330 g/mol. The van der Waals surface area contributed by atoms with Gasteiger partial charge in [-0.2, -0.15) is 0 Å². The first kappa shape index (κ1) is 18.7. The highest BCUT2D eigenvalue weighted by atomic mass is 16.5. The fraction of sp³-hybridized carbons (Fsp3) is 0.619. The molecule has 0 aliphatic heterocycles. The van der Waals surface area contributed by atoms with Crippen LogP contribution in [0.25, 0.3) is 0 Å². The molecule has 3 heteroatoms. The molecule has 1 aromatic rings. The number of benzene rings is 1. The number of esters is 1. The number of carbonyl (C=O) groups is 2. The van der Waals surface area contributed by atoms with Crippen LogP contribution in [0.3, 0.4) is 0 Å². The number of rotatable bonds is 8. The molecule has 0 spiro atoms. The van der Waals surface area contributed by atoms with E-state index in [1.165, 1.54) is 5.56 Å². The number of hydrogen-bond acceptors (Lipinski definition) is 3. The van der Waals surface area contributed by atoms with Crippen LogP contribution in [0.2, 0.25) is 0 Å². The first-order valence-electron chi connectivity index (χ1n) is 9.47. The van der Waals surface area contributed by atoms with Gasteiger partial charge in [-0.3, -0.25) is 9.59 Å². The van der Waals surface area contributed by atoms with Crippen molar-refractivity contribution in [3.05, 3.63) is 29.8 Å². The fourth-order valence-corrected chi connectivity index (χ4v) is 3.42. The number of hydrogen-bond donors (Lipinski definition) is 0. The Hall–Kier alpha value is -1.64. The van der Waals surface area contributed by atoms with E-state index in [4.69, 9.17) is 4.74 Å². The predicted molar refractivity (Wildman–Crippen MR) is 96.1 cm³/mol. The van der Waals surface area contributed by atoms with Crippen LogP contribution in [0.5, 0.6) is 5.75 Å². The third-order valence-corrected chi connectivity index (χ3v) is 4.97. The minimum Gasteiger partial charge on any atom is -0.426 e. The minimum absolute atomic E-state index is 0.0597. The van der Waals surface area contributed by atoms with Gasteiger partial charge < -0.3 is 4.74 Å². The van der Waals surface area contributed by atoms with Gasteiger partial charge in [-0.1, -0.05) is 38.8 Å². The Bertz CT molecular complexity index is 525. The maximum atomic E-state index is 12.3. The summed E-state index contributed by atoms with van der Waals surface area (Å²) in [7, 11) is 0. The molecule has 24 heavy (non-hydrogen) atoms. The molecule has 0 bridgehead atoms. The Morgan fingerprint density at radius 3 is 2.17 bits per heavy atom. The van der Waals surface area contributed by atoms with Crippen molar-refractivity contribution in [3.8, 4) is 5.75 Å². The van der Waals surface area contributed by atoms with Crippen molar-refractivity contribution in [2.24, 2.45) is 11.8 Å². The van der Waals surface area contributed by atoms with Gasteiger partial charge >= 0.3 is 5.97 Å². The highest BCUT2D eigenvalue weighted by Crippen LogP contribution is 2.31. The summed E-state index contributed by atoms with van der Waals surface area (Å²) in [5, 5.41) is 0. The SMILES string of the molecule is CCCCC(=O)[C@H]1CC[C@H](C(=O)Oc2ccc(CCC)cc2)CC1. The number of unbranched alkanes of at least 4 members (excludes halogenated alkanes) is 1. The third kappa shape index (κ3) is 5.47. The van der Waals surface area contributed by atoms with Crippen LogP contribution >= 0.6 is 0 Å². The van der Waals surface area contributed by atoms with Gasteiger partial charge in [0.1, 0.15) is 11.5 Å². The van der Waals surface area contributed by atoms with Gasteiger partial charge in [0.25, 0.3) is 0 Å². The third-order valence-electron chi connectivity index (χ3n) is 4.97. The monoisotopic (exact) mass is 330 g/mol. The maximum absolute atomic E-state index is 12.3. The molecule has 0 saturated heterocycles. The Labute approximate surface area is 145 Å². The van der Waals surface area contributed by atoms with E-state index in [1.807, 2.05) is 24.3 Å². The molecule has 0 N–H and O–H groups in total. The molecule has 1 aliphatic carbocycles. The van der Waals surface area contributed by atoms with E-state index >= 15 is 0 Å². The van der Waals surface area contributed by atoms with Crippen LogP contribution in [0.1, 0.15) is 70.8 Å². The Morgan fingerprint density at radius 1 is 0.958 bits per heavy atom. The first-order chi connectivity index (χ1) is 11.6. The van der Waals surface area contributed by atoms with Crippen molar-refractivity contribution in [2.75, 3.05) is 0 Å². The minimum atomic E-state index is -0.141. The van der Waals surface area contributed by atoms with Crippen LogP contribution < -0.4 is 4.74 Å². The normalized spacial score (nSPS) is 20.6. The van der Waals surface area contributed by atoms with Gasteiger partial charge in [0, 0.05) is 12.3 Å². The van der Waals surface area contributed by atoms with Gasteiger partial charge in [-0.15, -0.1) is 0 Å². The lowest BCUT2D eigenvalue weighted by atomic mass is 9.79. The molecule has 1 aromatic carbocycles. The summed E-state index contributed by atoms with van der Waals surface area (Å²) in [4.78, 5) is 24.4. The summed E-state index contributed by atoms with van der Waals surface area (Å²) in [5.41, 5.74) is 1.27. The molecule has 3 nitrogen and oxygen atoms in total. The summed E-state index contributed by atoms with van der Waals surface area (Å²) < 4.78 is 5.52. The summed E-state index contributed by atoms with van der Waals surface area (Å²) in [6.07, 6.45) is 8.10. The largest absolute Gasteiger partial charge is 0.426 e. The molecule has 1 fully saturated rings. The van der Waals surface area contributed by atoms with Crippen molar-refractivity contribution in [1.29, 1.82) is 0 Å². The van der Waals surface area contributed by atoms with Gasteiger partial charge in [-0.05, 0) is 56.2 Å². The molecule has 132 valence electrons. The second kappa shape index (κ2) is 9.61. The molecule has 0 atom stereocenters. The molecule has 0 amide bonds. The summed E-state index contributed by atoms with van der Waals surface area (Å²) in [5.74, 6) is 0.971. The highest BCUT2D eigenvalue weighted by Gasteiger charge is 2.30. The predicted octanol–water partition coefficient (Wildman–Crippen LogP) is 5.11. The molecular weight excluding hydrogens is 300 g/mol.